The highest BCUT2D eigenvalue weighted by Crippen LogP contribution is 2.56. The van der Waals surface area contributed by atoms with Crippen LogP contribution in [0.5, 0.6) is 0 Å². The number of hydrogen-bond donors (Lipinski definition) is 1. The Morgan fingerprint density at radius 1 is 1.17 bits per heavy atom. The zero-order valence-electron chi connectivity index (χ0n) is 17.2. The molecule has 29 heavy (non-hydrogen) atoms. The van der Waals surface area contributed by atoms with Crippen molar-refractivity contribution < 1.29 is 14.1 Å². The van der Waals surface area contributed by atoms with E-state index in [9.17, 15) is 9.90 Å². The van der Waals surface area contributed by atoms with Gasteiger partial charge >= 0.3 is 6.03 Å². The molecule has 2 aliphatic rings. The van der Waals surface area contributed by atoms with E-state index in [1.807, 2.05) is 59.2 Å². The lowest BCUT2D eigenvalue weighted by Crippen LogP contribution is -2.51. The number of urea groups is 1. The molecule has 156 valence electrons. The number of carbonyl (C=O) groups excluding carboxylic acids is 1. The summed E-state index contributed by atoms with van der Waals surface area (Å²) in [6, 6.07) is 16.0. The second kappa shape index (κ2) is 8.38. The standard InChI is InChI=1S/C23H30N2O3S/c1-18-4-3-5-22(16-18)25(17-20-6-8-21(9-7-20)19(2)26)23(27)24-10-13-29(14-11-24)15-12-28-29/h3-9,16,19,26H,10-15,17H2,1-2H3. The molecule has 5 nitrogen and oxygen atoms in total. The molecule has 0 aliphatic carbocycles. The van der Waals surface area contributed by atoms with Gasteiger partial charge in [0.05, 0.1) is 19.3 Å². The summed E-state index contributed by atoms with van der Waals surface area (Å²) in [7, 11) is -0.869. The lowest BCUT2D eigenvalue weighted by atomic mass is 10.1. The number of anilines is 1. The van der Waals surface area contributed by atoms with Crippen LogP contribution in [0, 0.1) is 6.92 Å². The van der Waals surface area contributed by atoms with Crippen LogP contribution in [-0.2, 0) is 10.7 Å². The quantitative estimate of drug-likeness (QED) is 0.814. The molecule has 2 saturated heterocycles. The van der Waals surface area contributed by atoms with Gasteiger partial charge in [-0.2, -0.15) is 0 Å². The number of rotatable bonds is 4. The van der Waals surface area contributed by atoms with Crippen LogP contribution in [0.25, 0.3) is 0 Å². The number of aliphatic hydroxyl groups excluding tert-OH is 1. The summed E-state index contributed by atoms with van der Waals surface area (Å²) >= 11 is 0. The van der Waals surface area contributed by atoms with Crippen LogP contribution in [0.15, 0.2) is 48.5 Å². The van der Waals surface area contributed by atoms with Gasteiger partial charge in [0.15, 0.2) is 0 Å². The normalized spacial score (nSPS) is 20.0. The summed E-state index contributed by atoms with van der Waals surface area (Å²) < 4.78 is 5.89. The topological polar surface area (TPSA) is 53.0 Å². The highest BCUT2D eigenvalue weighted by Gasteiger charge is 2.38. The summed E-state index contributed by atoms with van der Waals surface area (Å²) in [5.74, 6) is 3.21. The molecule has 0 radical (unpaired) electrons. The number of nitrogens with zero attached hydrogens (tertiary/aromatic N) is 2. The lowest BCUT2D eigenvalue weighted by Gasteiger charge is -2.52. The summed E-state index contributed by atoms with van der Waals surface area (Å²) in [5, 5.41) is 9.75. The molecule has 0 saturated carbocycles. The minimum atomic E-state index is -0.869. The van der Waals surface area contributed by atoms with Gasteiger partial charge in [-0.15, -0.1) is 10.3 Å². The molecule has 1 unspecified atom stereocenters. The fourth-order valence-corrected chi connectivity index (χ4v) is 6.51. The second-order valence-electron chi connectivity index (χ2n) is 8.01. The van der Waals surface area contributed by atoms with E-state index in [4.69, 9.17) is 4.18 Å². The number of amides is 2. The highest BCUT2D eigenvalue weighted by atomic mass is 32.3. The number of carbonyl (C=O) groups is 1. The summed E-state index contributed by atoms with van der Waals surface area (Å²) in [6.45, 7) is 6.75. The molecule has 2 aromatic carbocycles. The molecule has 2 heterocycles. The van der Waals surface area contributed by atoms with Crippen LogP contribution >= 0.6 is 10.3 Å². The first kappa shape index (κ1) is 20.3. The molecular formula is C23H30N2O3S. The van der Waals surface area contributed by atoms with Crippen molar-refractivity contribution in [2.24, 2.45) is 0 Å². The molecule has 4 rings (SSSR count). The van der Waals surface area contributed by atoms with Gasteiger partial charge in [-0.3, -0.25) is 4.90 Å². The Hall–Kier alpha value is -2.02. The molecule has 1 atom stereocenters. The molecule has 0 aromatic heterocycles. The van der Waals surface area contributed by atoms with Gasteiger partial charge in [0, 0.05) is 36.0 Å². The summed E-state index contributed by atoms with van der Waals surface area (Å²) in [6.07, 6.45) is -0.490. The number of aliphatic hydroxyl groups is 1. The first-order valence-electron chi connectivity index (χ1n) is 10.3. The minimum absolute atomic E-state index is 0.0591. The zero-order valence-corrected chi connectivity index (χ0v) is 18.0. The molecule has 2 aliphatic heterocycles. The largest absolute Gasteiger partial charge is 0.389 e. The third kappa shape index (κ3) is 4.44. The Labute approximate surface area is 174 Å². The molecule has 0 bridgehead atoms. The number of aryl methyl sites for hydroxylation is 1. The molecule has 2 aromatic rings. The van der Waals surface area contributed by atoms with E-state index in [2.05, 4.69) is 6.07 Å². The molecule has 1 N–H and O–H groups in total. The maximum atomic E-state index is 13.5. The Morgan fingerprint density at radius 2 is 1.86 bits per heavy atom. The van der Waals surface area contributed by atoms with Crippen molar-refractivity contribution in [3.8, 4) is 0 Å². The fourth-order valence-electron chi connectivity index (χ4n) is 3.92. The molecule has 2 fully saturated rings. The SMILES string of the molecule is Cc1cccc(N(Cc2ccc(C(C)O)cc2)C(=O)N2CCS3(CCO3)CC2)c1. The first-order valence-corrected chi connectivity index (χ1v) is 12.3. The van der Waals surface area contributed by atoms with E-state index >= 15 is 0 Å². The predicted molar refractivity (Wildman–Crippen MR) is 120 cm³/mol. The third-order valence-corrected chi connectivity index (χ3v) is 9.30. The van der Waals surface area contributed by atoms with Crippen LogP contribution in [0.3, 0.4) is 0 Å². The molecule has 6 heteroatoms. The van der Waals surface area contributed by atoms with E-state index in [0.717, 1.165) is 53.6 Å². The van der Waals surface area contributed by atoms with Crippen LogP contribution in [-0.4, -0.2) is 53.0 Å². The molecular weight excluding hydrogens is 384 g/mol. The van der Waals surface area contributed by atoms with Crippen molar-refractivity contribution in [2.45, 2.75) is 26.5 Å². The average Bonchev–Trinajstić information content (AvgIpc) is 2.71. The van der Waals surface area contributed by atoms with Gasteiger partial charge in [0.2, 0.25) is 0 Å². The van der Waals surface area contributed by atoms with Crippen LogP contribution in [0.2, 0.25) is 0 Å². The van der Waals surface area contributed by atoms with Crippen LogP contribution in [0.4, 0.5) is 10.5 Å². The lowest BCUT2D eigenvalue weighted by molar-refractivity contribution is 0.199. The minimum Gasteiger partial charge on any atom is -0.389 e. The Balaban J connectivity index is 1.54. The van der Waals surface area contributed by atoms with Gasteiger partial charge in [-0.25, -0.2) is 4.79 Å². The van der Waals surface area contributed by atoms with Crippen molar-refractivity contribution in [1.82, 2.24) is 4.90 Å². The van der Waals surface area contributed by atoms with Gasteiger partial charge in [0.1, 0.15) is 0 Å². The van der Waals surface area contributed by atoms with Crippen molar-refractivity contribution in [1.29, 1.82) is 0 Å². The smallest absolute Gasteiger partial charge is 0.324 e. The molecule has 1 spiro atoms. The maximum Gasteiger partial charge on any atom is 0.324 e. The monoisotopic (exact) mass is 414 g/mol. The Bertz CT molecular complexity index is 855. The second-order valence-corrected chi connectivity index (χ2v) is 11.4. The van der Waals surface area contributed by atoms with Gasteiger partial charge in [-0.05, 0) is 42.7 Å². The van der Waals surface area contributed by atoms with Crippen molar-refractivity contribution >= 4 is 22.0 Å². The highest BCUT2D eigenvalue weighted by molar-refractivity contribution is 8.30. The van der Waals surface area contributed by atoms with E-state index in [-0.39, 0.29) is 6.03 Å². The van der Waals surface area contributed by atoms with Gasteiger partial charge < -0.3 is 14.2 Å². The summed E-state index contributed by atoms with van der Waals surface area (Å²) in [5.41, 5.74) is 3.98. The van der Waals surface area contributed by atoms with Crippen LogP contribution in [0.1, 0.15) is 29.7 Å². The van der Waals surface area contributed by atoms with Gasteiger partial charge in [-0.1, -0.05) is 36.4 Å². The fraction of sp³-hybridized carbons (Fsp3) is 0.435. The van der Waals surface area contributed by atoms with E-state index in [1.54, 1.807) is 6.92 Å². The van der Waals surface area contributed by atoms with E-state index < -0.39 is 16.4 Å². The maximum absolute atomic E-state index is 13.5. The zero-order chi connectivity index (χ0) is 20.4. The van der Waals surface area contributed by atoms with Crippen molar-refractivity contribution in [3.05, 3.63) is 65.2 Å². The Kier molecular flexibility index (Phi) is 5.86. The first-order chi connectivity index (χ1) is 14.0. The average molecular weight is 415 g/mol. The van der Waals surface area contributed by atoms with E-state index in [1.165, 1.54) is 5.75 Å². The Morgan fingerprint density at radius 3 is 2.41 bits per heavy atom. The van der Waals surface area contributed by atoms with Crippen molar-refractivity contribution in [3.63, 3.8) is 0 Å². The summed E-state index contributed by atoms with van der Waals surface area (Å²) in [4.78, 5) is 17.3. The third-order valence-electron chi connectivity index (χ3n) is 5.87. The number of hydrogen-bond acceptors (Lipinski definition) is 3. The van der Waals surface area contributed by atoms with Crippen LogP contribution < -0.4 is 4.90 Å². The molecule has 2 amide bonds. The van der Waals surface area contributed by atoms with Gasteiger partial charge in [0.25, 0.3) is 0 Å². The number of benzene rings is 2. The van der Waals surface area contributed by atoms with Crippen molar-refractivity contribution in [2.75, 3.05) is 41.9 Å². The van der Waals surface area contributed by atoms with E-state index in [0.29, 0.717) is 6.54 Å². The predicted octanol–water partition coefficient (Wildman–Crippen LogP) is 4.24.